The van der Waals surface area contributed by atoms with E-state index in [-0.39, 0.29) is 21.6 Å². The largest absolute Gasteiger partial charge is 0.299 e. The van der Waals surface area contributed by atoms with E-state index in [9.17, 15) is 9.59 Å². The van der Waals surface area contributed by atoms with Crippen molar-refractivity contribution < 1.29 is 9.59 Å². The number of thioether (sulfide) groups is 1. The molecule has 0 aliphatic heterocycles. The van der Waals surface area contributed by atoms with Gasteiger partial charge in [-0.3, -0.25) is 9.59 Å². The lowest BCUT2D eigenvalue weighted by atomic mass is 10.00. The summed E-state index contributed by atoms with van der Waals surface area (Å²) in [6.45, 7) is 8.84. The van der Waals surface area contributed by atoms with E-state index < -0.39 is 0 Å². The Bertz CT molecular complexity index is 191. The van der Waals surface area contributed by atoms with Gasteiger partial charge < -0.3 is 0 Å². The second kappa shape index (κ2) is 4.08. The standard InChI is InChI=1S/C9H16O2S/c1-6(10)7(2)12-8(11)9(3,4)5/h7H,1-5H3. The molecule has 3 heteroatoms. The lowest BCUT2D eigenvalue weighted by Crippen LogP contribution is -2.21. The third-order valence-corrected chi connectivity index (χ3v) is 2.98. The van der Waals surface area contributed by atoms with Crippen LogP contribution in [0.25, 0.3) is 0 Å². The lowest BCUT2D eigenvalue weighted by molar-refractivity contribution is -0.119. The number of ketones is 1. The SMILES string of the molecule is CC(=O)C(C)SC(=O)C(C)(C)C. The van der Waals surface area contributed by atoms with Crippen LogP contribution in [0.5, 0.6) is 0 Å². The average molecular weight is 188 g/mol. The second-order valence-electron chi connectivity index (χ2n) is 3.91. The van der Waals surface area contributed by atoms with Crippen LogP contribution in [0.15, 0.2) is 0 Å². The molecule has 0 saturated heterocycles. The van der Waals surface area contributed by atoms with Crippen molar-refractivity contribution in [1.82, 2.24) is 0 Å². The van der Waals surface area contributed by atoms with Crippen molar-refractivity contribution in [3.8, 4) is 0 Å². The molecule has 0 amide bonds. The molecule has 0 rings (SSSR count). The molecule has 2 nitrogen and oxygen atoms in total. The highest BCUT2D eigenvalue weighted by molar-refractivity contribution is 8.14. The maximum atomic E-state index is 11.4. The van der Waals surface area contributed by atoms with Gasteiger partial charge in [0.1, 0.15) is 5.78 Å². The van der Waals surface area contributed by atoms with Gasteiger partial charge in [0, 0.05) is 5.41 Å². The maximum absolute atomic E-state index is 11.4. The van der Waals surface area contributed by atoms with E-state index in [0.717, 1.165) is 11.8 Å². The minimum absolute atomic E-state index is 0.0533. The molecule has 70 valence electrons. The highest BCUT2D eigenvalue weighted by Crippen LogP contribution is 2.25. The average Bonchev–Trinajstić information content (AvgIpc) is 1.85. The first-order valence-electron chi connectivity index (χ1n) is 3.96. The molecule has 0 aromatic heterocycles. The van der Waals surface area contributed by atoms with Crippen molar-refractivity contribution in [2.75, 3.05) is 0 Å². The topological polar surface area (TPSA) is 34.1 Å². The number of hydrogen-bond acceptors (Lipinski definition) is 3. The molecule has 0 N–H and O–H groups in total. The van der Waals surface area contributed by atoms with Gasteiger partial charge in [-0.25, -0.2) is 0 Å². The van der Waals surface area contributed by atoms with Crippen LogP contribution in [0.1, 0.15) is 34.6 Å². The molecular weight excluding hydrogens is 172 g/mol. The summed E-state index contributed by atoms with van der Waals surface area (Å²) in [5.41, 5.74) is -0.353. The van der Waals surface area contributed by atoms with Gasteiger partial charge in [-0.05, 0) is 13.8 Å². The zero-order valence-electron chi connectivity index (χ0n) is 8.30. The summed E-state index contributed by atoms with van der Waals surface area (Å²) < 4.78 is 0. The third-order valence-electron chi connectivity index (χ3n) is 1.47. The molecule has 0 aliphatic rings. The minimum Gasteiger partial charge on any atom is -0.299 e. The summed E-state index contributed by atoms with van der Waals surface area (Å²) in [6, 6.07) is 0. The molecule has 0 aromatic rings. The van der Waals surface area contributed by atoms with E-state index >= 15 is 0 Å². The maximum Gasteiger partial charge on any atom is 0.194 e. The summed E-state index contributed by atoms with van der Waals surface area (Å²) >= 11 is 1.13. The smallest absolute Gasteiger partial charge is 0.194 e. The van der Waals surface area contributed by atoms with Crippen molar-refractivity contribution in [1.29, 1.82) is 0 Å². The van der Waals surface area contributed by atoms with Crippen molar-refractivity contribution in [2.45, 2.75) is 39.9 Å². The number of carbonyl (C=O) groups excluding carboxylic acids is 2. The van der Waals surface area contributed by atoms with Crippen molar-refractivity contribution in [2.24, 2.45) is 5.41 Å². The quantitative estimate of drug-likeness (QED) is 0.666. The summed E-state index contributed by atoms with van der Waals surface area (Å²) in [7, 11) is 0. The molecule has 0 heterocycles. The van der Waals surface area contributed by atoms with Gasteiger partial charge in [0.2, 0.25) is 0 Å². The number of Topliss-reactive ketones (excluding diaryl/α,β-unsaturated/α-hetero) is 1. The summed E-state index contributed by atoms with van der Waals surface area (Å²) in [4.78, 5) is 22.2. The molecule has 1 atom stereocenters. The van der Waals surface area contributed by atoms with Gasteiger partial charge in [0.25, 0.3) is 0 Å². The zero-order chi connectivity index (χ0) is 9.94. The summed E-state index contributed by atoms with van der Waals surface area (Å²) in [5.74, 6) is 0.0533. The molecule has 0 spiro atoms. The van der Waals surface area contributed by atoms with E-state index in [2.05, 4.69) is 0 Å². The van der Waals surface area contributed by atoms with Crippen LogP contribution in [-0.2, 0) is 9.59 Å². The monoisotopic (exact) mass is 188 g/mol. The minimum atomic E-state index is -0.353. The molecular formula is C9H16O2S. The third kappa shape index (κ3) is 3.90. The highest BCUT2D eigenvalue weighted by atomic mass is 32.2. The Morgan fingerprint density at radius 3 is 1.92 bits per heavy atom. The van der Waals surface area contributed by atoms with E-state index in [1.165, 1.54) is 6.92 Å². The Balaban J connectivity index is 4.11. The van der Waals surface area contributed by atoms with Crippen LogP contribution in [0.3, 0.4) is 0 Å². The fraction of sp³-hybridized carbons (Fsp3) is 0.778. The Morgan fingerprint density at radius 1 is 1.25 bits per heavy atom. The molecule has 0 saturated carbocycles. The van der Waals surface area contributed by atoms with Gasteiger partial charge in [0.15, 0.2) is 5.12 Å². The molecule has 0 aromatic carbocycles. The molecule has 1 unspecified atom stereocenters. The fourth-order valence-electron chi connectivity index (χ4n) is 0.420. The first-order chi connectivity index (χ1) is 5.25. The Labute approximate surface area is 78.1 Å². The van der Waals surface area contributed by atoms with Crippen molar-refractivity contribution >= 4 is 22.7 Å². The van der Waals surface area contributed by atoms with E-state index in [0.29, 0.717) is 0 Å². The van der Waals surface area contributed by atoms with Crippen LogP contribution < -0.4 is 0 Å². The van der Waals surface area contributed by atoms with Crippen LogP contribution in [0, 0.1) is 5.41 Å². The molecule has 0 bridgehead atoms. The Morgan fingerprint density at radius 2 is 1.67 bits per heavy atom. The second-order valence-corrected chi connectivity index (χ2v) is 5.22. The van der Waals surface area contributed by atoms with Crippen molar-refractivity contribution in [3.63, 3.8) is 0 Å². The first kappa shape index (κ1) is 11.7. The predicted octanol–water partition coefficient (Wildman–Crippen LogP) is 2.27. The fourth-order valence-corrected chi connectivity index (χ4v) is 1.26. The van der Waals surface area contributed by atoms with Gasteiger partial charge in [-0.15, -0.1) is 0 Å². The van der Waals surface area contributed by atoms with Crippen LogP contribution in [-0.4, -0.2) is 16.1 Å². The first-order valence-corrected chi connectivity index (χ1v) is 4.84. The number of rotatable bonds is 2. The lowest BCUT2D eigenvalue weighted by Gasteiger charge is -2.17. The number of carbonyl (C=O) groups is 2. The van der Waals surface area contributed by atoms with Gasteiger partial charge >= 0.3 is 0 Å². The van der Waals surface area contributed by atoms with E-state index in [1.54, 1.807) is 6.92 Å². The van der Waals surface area contributed by atoms with Crippen molar-refractivity contribution in [3.05, 3.63) is 0 Å². The van der Waals surface area contributed by atoms with Gasteiger partial charge in [0.05, 0.1) is 5.25 Å². The van der Waals surface area contributed by atoms with E-state index in [4.69, 9.17) is 0 Å². The normalized spacial score (nSPS) is 14.1. The van der Waals surface area contributed by atoms with Crippen LogP contribution in [0.4, 0.5) is 0 Å². The summed E-state index contributed by atoms with van der Waals surface area (Å²) in [5, 5.41) is -0.137. The molecule has 0 aliphatic carbocycles. The zero-order valence-corrected chi connectivity index (χ0v) is 9.12. The predicted molar refractivity (Wildman–Crippen MR) is 52.2 cm³/mol. The van der Waals surface area contributed by atoms with Crippen LogP contribution >= 0.6 is 11.8 Å². The molecule has 0 radical (unpaired) electrons. The van der Waals surface area contributed by atoms with Gasteiger partial charge in [-0.1, -0.05) is 32.5 Å². The Hall–Kier alpha value is -0.310. The van der Waals surface area contributed by atoms with Gasteiger partial charge in [-0.2, -0.15) is 0 Å². The molecule has 0 fully saturated rings. The van der Waals surface area contributed by atoms with Crippen LogP contribution in [0.2, 0.25) is 0 Å². The highest BCUT2D eigenvalue weighted by Gasteiger charge is 2.25. The molecule has 12 heavy (non-hydrogen) atoms. The Kier molecular flexibility index (Phi) is 3.97. The number of hydrogen-bond donors (Lipinski definition) is 0. The van der Waals surface area contributed by atoms with E-state index in [1.807, 2.05) is 20.8 Å². The summed E-state index contributed by atoms with van der Waals surface area (Å²) in [6.07, 6.45) is 0.